The molecule has 0 radical (unpaired) electrons. The van der Waals surface area contributed by atoms with Gasteiger partial charge in [-0.15, -0.1) is 0 Å². The van der Waals surface area contributed by atoms with E-state index in [2.05, 4.69) is 48.0 Å². The zero-order valence-electron chi connectivity index (χ0n) is 10.4. The van der Waals surface area contributed by atoms with Gasteiger partial charge in [0.15, 0.2) is 6.39 Å². The van der Waals surface area contributed by atoms with E-state index in [1.165, 1.54) is 17.6 Å². The van der Waals surface area contributed by atoms with Gasteiger partial charge in [0.2, 0.25) is 0 Å². The van der Waals surface area contributed by atoms with Gasteiger partial charge >= 0.3 is 0 Å². The predicted octanol–water partition coefficient (Wildman–Crippen LogP) is 3.40. The maximum atomic E-state index is 5.02. The van der Waals surface area contributed by atoms with Crippen LogP contribution in [0.3, 0.4) is 0 Å². The number of oxazole rings is 1. The highest BCUT2D eigenvalue weighted by molar-refractivity contribution is 5.52. The summed E-state index contributed by atoms with van der Waals surface area (Å²) in [7, 11) is 0. The number of rotatable bonds is 5. The molecule has 0 fully saturated rings. The SMILES string of the molecule is CCCN(Cc1cocn1)c1ccccc1C. The third kappa shape index (κ3) is 2.87. The Morgan fingerprint density at radius 2 is 2.12 bits per heavy atom. The first-order valence-corrected chi connectivity index (χ1v) is 5.99. The van der Waals surface area contributed by atoms with Gasteiger partial charge in [0.1, 0.15) is 6.26 Å². The number of anilines is 1. The maximum absolute atomic E-state index is 5.02. The van der Waals surface area contributed by atoms with Crippen LogP contribution in [0, 0.1) is 6.92 Å². The highest BCUT2D eigenvalue weighted by atomic mass is 16.3. The molecule has 90 valence electrons. The van der Waals surface area contributed by atoms with Gasteiger partial charge in [0.05, 0.1) is 12.2 Å². The lowest BCUT2D eigenvalue weighted by Crippen LogP contribution is -2.24. The fourth-order valence-electron chi connectivity index (χ4n) is 1.98. The summed E-state index contributed by atoms with van der Waals surface area (Å²) in [4.78, 5) is 6.53. The molecular weight excluding hydrogens is 212 g/mol. The summed E-state index contributed by atoms with van der Waals surface area (Å²) in [5, 5.41) is 0. The number of para-hydroxylation sites is 1. The van der Waals surface area contributed by atoms with E-state index in [0.29, 0.717) is 0 Å². The van der Waals surface area contributed by atoms with Gasteiger partial charge in [-0.1, -0.05) is 25.1 Å². The van der Waals surface area contributed by atoms with Gasteiger partial charge < -0.3 is 9.32 Å². The van der Waals surface area contributed by atoms with Crippen LogP contribution in [0.5, 0.6) is 0 Å². The van der Waals surface area contributed by atoms with Crippen LogP contribution in [0.1, 0.15) is 24.6 Å². The average molecular weight is 230 g/mol. The fourth-order valence-corrected chi connectivity index (χ4v) is 1.98. The van der Waals surface area contributed by atoms with E-state index >= 15 is 0 Å². The van der Waals surface area contributed by atoms with Crippen molar-refractivity contribution in [3.8, 4) is 0 Å². The summed E-state index contributed by atoms with van der Waals surface area (Å²) in [5.41, 5.74) is 3.54. The van der Waals surface area contributed by atoms with Crippen molar-refractivity contribution in [1.29, 1.82) is 0 Å². The van der Waals surface area contributed by atoms with Crippen LogP contribution in [0.15, 0.2) is 41.3 Å². The number of hydrogen-bond acceptors (Lipinski definition) is 3. The molecule has 2 aromatic rings. The third-order valence-corrected chi connectivity index (χ3v) is 2.79. The number of hydrogen-bond donors (Lipinski definition) is 0. The highest BCUT2D eigenvalue weighted by Crippen LogP contribution is 2.21. The molecule has 0 bridgehead atoms. The van der Waals surface area contributed by atoms with E-state index in [1.54, 1.807) is 6.26 Å². The molecule has 0 saturated heterocycles. The van der Waals surface area contributed by atoms with Crippen LogP contribution in [-0.2, 0) is 6.54 Å². The number of nitrogens with zero attached hydrogens (tertiary/aromatic N) is 2. The Bertz CT molecular complexity index is 451. The molecule has 0 aliphatic heterocycles. The topological polar surface area (TPSA) is 29.3 Å². The number of aromatic nitrogens is 1. The van der Waals surface area contributed by atoms with Gasteiger partial charge in [-0.25, -0.2) is 4.98 Å². The molecule has 0 aliphatic rings. The first-order chi connectivity index (χ1) is 8.31. The average Bonchev–Trinajstić information content (AvgIpc) is 2.82. The first-order valence-electron chi connectivity index (χ1n) is 5.99. The quantitative estimate of drug-likeness (QED) is 0.788. The van der Waals surface area contributed by atoms with Crippen LogP contribution in [0.25, 0.3) is 0 Å². The highest BCUT2D eigenvalue weighted by Gasteiger charge is 2.09. The summed E-state index contributed by atoms with van der Waals surface area (Å²) >= 11 is 0. The molecule has 1 heterocycles. The molecule has 2 rings (SSSR count). The van der Waals surface area contributed by atoms with Gasteiger partial charge in [0.25, 0.3) is 0 Å². The Labute approximate surface area is 102 Å². The van der Waals surface area contributed by atoms with Gasteiger partial charge in [-0.3, -0.25) is 0 Å². The first kappa shape index (κ1) is 11.7. The minimum absolute atomic E-state index is 0.801. The van der Waals surface area contributed by atoms with E-state index in [1.807, 2.05) is 0 Å². The minimum Gasteiger partial charge on any atom is -0.451 e. The lowest BCUT2D eigenvalue weighted by atomic mass is 10.1. The Hall–Kier alpha value is -1.77. The van der Waals surface area contributed by atoms with E-state index < -0.39 is 0 Å². The second kappa shape index (κ2) is 5.53. The van der Waals surface area contributed by atoms with Crippen molar-refractivity contribution in [2.75, 3.05) is 11.4 Å². The van der Waals surface area contributed by atoms with Crippen molar-refractivity contribution in [3.05, 3.63) is 48.2 Å². The normalized spacial score (nSPS) is 10.5. The Morgan fingerprint density at radius 3 is 2.76 bits per heavy atom. The van der Waals surface area contributed by atoms with Crippen LogP contribution in [0.4, 0.5) is 5.69 Å². The zero-order chi connectivity index (χ0) is 12.1. The molecule has 0 N–H and O–H groups in total. The second-order valence-corrected chi connectivity index (χ2v) is 4.19. The number of aryl methyl sites for hydroxylation is 1. The fraction of sp³-hybridized carbons (Fsp3) is 0.357. The molecular formula is C14H18N2O. The second-order valence-electron chi connectivity index (χ2n) is 4.19. The maximum Gasteiger partial charge on any atom is 0.180 e. The largest absolute Gasteiger partial charge is 0.451 e. The lowest BCUT2D eigenvalue weighted by Gasteiger charge is -2.25. The van der Waals surface area contributed by atoms with E-state index in [-0.39, 0.29) is 0 Å². The smallest absolute Gasteiger partial charge is 0.180 e. The molecule has 0 amide bonds. The van der Waals surface area contributed by atoms with Crippen molar-refractivity contribution in [2.45, 2.75) is 26.8 Å². The van der Waals surface area contributed by atoms with E-state index in [9.17, 15) is 0 Å². The van der Waals surface area contributed by atoms with Gasteiger partial charge in [-0.05, 0) is 25.0 Å². The van der Waals surface area contributed by atoms with Crippen LogP contribution >= 0.6 is 0 Å². The predicted molar refractivity (Wildman–Crippen MR) is 69.0 cm³/mol. The van der Waals surface area contributed by atoms with Crippen molar-refractivity contribution >= 4 is 5.69 Å². The van der Waals surface area contributed by atoms with Crippen LogP contribution < -0.4 is 4.90 Å². The molecule has 3 heteroatoms. The molecule has 3 nitrogen and oxygen atoms in total. The van der Waals surface area contributed by atoms with E-state index in [0.717, 1.165) is 25.2 Å². The molecule has 0 saturated carbocycles. The molecule has 0 aliphatic carbocycles. The summed E-state index contributed by atoms with van der Waals surface area (Å²) in [6.07, 6.45) is 4.31. The monoisotopic (exact) mass is 230 g/mol. The van der Waals surface area contributed by atoms with Crippen molar-refractivity contribution < 1.29 is 4.42 Å². The van der Waals surface area contributed by atoms with Gasteiger partial charge in [0, 0.05) is 12.2 Å². The molecule has 0 spiro atoms. The molecule has 0 atom stereocenters. The van der Waals surface area contributed by atoms with Crippen molar-refractivity contribution in [3.63, 3.8) is 0 Å². The summed E-state index contributed by atoms with van der Waals surface area (Å²) in [6, 6.07) is 8.44. The molecule has 1 aromatic heterocycles. The zero-order valence-corrected chi connectivity index (χ0v) is 10.4. The third-order valence-electron chi connectivity index (χ3n) is 2.79. The molecule has 17 heavy (non-hydrogen) atoms. The lowest BCUT2D eigenvalue weighted by molar-refractivity contribution is 0.556. The molecule has 1 aromatic carbocycles. The molecule has 0 unspecified atom stereocenters. The summed E-state index contributed by atoms with van der Waals surface area (Å²) in [6.45, 7) is 6.15. The Morgan fingerprint density at radius 1 is 1.29 bits per heavy atom. The van der Waals surface area contributed by atoms with Crippen LogP contribution in [-0.4, -0.2) is 11.5 Å². The Balaban J connectivity index is 2.20. The van der Waals surface area contributed by atoms with Crippen molar-refractivity contribution in [1.82, 2.24) is 4.98 Å². The van der Waals surface area contributed by atoms with Crippen molar-refractivity contribution in [2.24, 2.45) is 0 Å². The summed E-state index contributed by atoms with van der Waals surface area (Å²) < 4.78 is 5.02. The summed E-state index contributed by atoms with van der Waals surface area (Å²) in [5.74, 6) is 0. The Kier molecular flexibility index (Phi) is 3.81. The number of benzene rings is 1. The minimum atomic E-state index is 0.801. The van der Waals surface area contributed by atoms with Crippen LogP contribution in [0.2, 0.25) is 0 Å². The van der Waals surface area contributed by atoms with E-state index in [4.69, 9.17) is 4.42 Å². The van der Waals surface area contributed by atoms with Gasteiger partial charge in [-0.2, -0.15) is 0 Å². The standard InChI is InChI=1S/C14H18N2O/c1-3-8-16(9-13-10-17-11-15-13)14-7-5-4-6-12(14)2/h4-7,10-11H,3,8-9H2,1-2H3.